The number of nitriles is 1. The number of anilines is 1. The number of halogens is 1. The Hall–Kier alpha value is -1.27. The number of pyridine rings is 1. The van der Waals surface area contributed by atoms with Crippen LogP contribution in [0.4, 0.5) is 5.82 Å². The molecular formula is C13H16ClN3. The smallest absolute Gasteiger partial charge is 0.132 e. The van der Waals surface area contributed by atoms with Crippen LogP contribution in [0.15, 0.2) is 12.1 Å². The Labute approximate surface area is 107 Å². The van der Waals surface area contributed by atoms with Gasteiger partial charge >= 0.3 is 0 Å². The zero-order chi connectivity index (χ0) is 12.3. The van der Waals surface area contributed by atoms with Crippen LogP contribution in [0.25, 0.3) is 0 Å². The molecule has 90 valence electrons. The molecule has 1 aliphatic carbocycles. The maximum atomic E-state index is 8.88. The summed E-state index contributed by atoms with van der Waals surface area (Å²) in [5.74, 6) is 1.36. The summed E-state index contributed by atoms with van der Waals surface area (Å²) in [6.07, 6.45) is 4.99. The molecule has 0 aliphatic heterocycles. The molecule has 1 saturated carbocycles. The Balaban J connectivity index is 2.12. The Kier molecular flexibility index (Phi) is 3.86. The summed E-state index contributed by atoms with van der Waals surface area (Å²) >= 11 is 5.88. The minimum Gasteiger partial charge on any atom is -0.367 e. The molecule has 0 aromatic carbocycles. The molecule has 0 amide bonds. The lowest BCUT2D eigenvalue weighted by atomic mass is 9.86. The van der Waals surface area contributed by atoms with Crippen LogP contribution in [0.3, 0.4) is 0 Å². The lowest BCUT2D eigenvalue weighted by Crippen LogP contribution is -2.30. The molecule has 0 radical (unpaired) electrons. The van der Waals surface area contributed by atoms with Gasteiger partial charge in [-0.2, -0.15) is 5.26 Å². The third-order valence-corrected chi connectivity index (χ3v) is 3.56. The fourth-order valence-corrected chi connectivity index (χ4v) is 2.56. The van der Waals surface area contributed by atoms with E-state index in [4.69, 9.17) is 16.9 Å². The molecule has 2 rings (SSSR count). The highest BCUT2D eigenvalue weighted by Crippen LogP contribution is 2.26. The van der Waals surface area contributed by atoms with E-state index in [-0.39, 0.29) is 0 Å². The van der Waals surface area contributed by atoms with E-state index in [1.165, 1.54) is 19.3 Å². The van der Waals surface area contributed by atoms with Gasteiger partial charge in [-0.15, -0.1) is 0 Å². The van der Waals surface area contributed by atoms with Crippen molar-refractivity contribution < 1.29 is 0 Å². The van der Waals surface area contributed by atoms with Crippen LogP contribution in [0.1, 0.15) is 38.2 Å². The zero-order valence-corrected chi connectivity index (χ0v) is 10.7. The van der Waals surface area contributed by atoms with E-state index in [0.29, 0.717) is 28.5 Å². The number of nitrogens with one attached hydrogen (secondary N) is 1. The van der Waals surface area contributed by atoms with Gasteiger partial charge in [0.25, 0.3) is 0 Å². The quantitative estimate of drug-likeness (QED) is 0.815. The molecule has 17 heavy (non-hydrogen) atoms. The van der Waals surface area contributed by atoms with E-state index in [1.807, 2.05) is 0 Å². The lowest BCUT2D eigenvalue weighted by molar-refractivity contribution is 0.349. The highest BCUT2D eigenvalue weighted by atomic mass is 35.5. The SMILES string of the molecule is CC1CCCCC1Nc1cc(C#N)cc(Cl)n1. The van der Waals surface area contributed by atoms with E-state index in [0.717, 1.165) is 6.42 Å². The Morgan fingerprint density at radius 1 is 1.41 bits per heavy atom. The van der Waals surface area contributed by atoms with Crippen molar-refractivity contribution in [2.24, 2.45) is 5.92 Å². The van der Waals surface area contributed by atoms with Crippen LogP contribution in [0.2, 0.25) is 5.15 Å². The second kappa shape index (κ2) is 5.37. The largest absolute Gasteiger partial charge is 0.367 e. The molecule has 2 unspecified atom stereocenters. The maximum Gasteiger partial charge on any atom is 0.132 e. The molecule has 1 fully saturated rings. The van der Waals surface area contributed by atoms with Gasteiger partial charge in [0.05, 0.1) is 11.6 Å². The van der Waals surface area contributed by atoms with Gasteiger partial charge in [-0.3, -0.25) is 0 Å². The average molecular weight is 250 g/mol. The predicted molar refractivity (Wildman–Crippen MR) is 69.0 cm³/mol. The van der Waals surface area contributed by atoms with E-state index in [9.17, 15) is 0 Å². The topological polar surface area (TPSA) is 48.7 Å². The van der Waals surface area contributed by atoms with Gasteiger partial charge in [0.2, 0.25) is 0 Å². The molecule has 3 nitrogen and oxygen atoms in total. The minimum absolute atomic E-state index is 0.370. The van der Waals surface area contributed by atoms with Crippen molar-refractivity contribution in [2.45, 2.75) is 38.6 Å². The first kappa shape index (κ1) is 12.2. The second-order valence-electron chi connectivity index (χ2n) is 4.69. The summed E-state index contributed by atoms with van der Waals surface area (Å²) in [6, 6.07) is 5.88. The number of hydrogen-bond acceptors (Lipinski definition) is 3. The predicted octanol–water partition coefficient (Wildman–Crippen LogP) is 3.60. The number of nitrogens with zero attached hydrogens (tertiary/aromatic N) is 2. The highest BCUT2D eigenvalue weighted by molar-refractivity contribution is 6.29. The number of aromatic nitrogens is 1. The summed E-state index contributed by atoms with van der Waals surface area (Å²) < 4.78 is 0. The molecule has 0 spiro atoms. The van der Waals surface area contributed by atoms with E-state index >= 15 is 0 Å². The van der Waals surface area contributed by atoms with Crippen LogP contribution >= 0.6 is 11.6 Å². The van der Waals surface area contributed by atoms with E-state index < -0.39 is 0 Å². The third kappa shape index (κ3) is 3.10. The van der Waals surface area contributed by atoms with Crippen molar-refractivity contribution in [3.63, 3.8) is 0 Å². The summed E-state index contributed by atoms with van der Waals surface area (Å²) in [7, 11) is 0. The molecule has 0 saturated heterocycles. The molecule has 1 aromatic heterocycles. The Bertz CT molecular complexity index is 439. The molecular weight excluding hydrogens is 234 g/mol. The summed E-state index contributed by atoms with van der Waals surface area (Å²) in [5, 5.41) is 12.7. The first-order chi connectivity index (χ1) is 8.19. The Morgan fingerprint density at radius 3 is 2.88 bits per heavy atom. The third-order valence-electron chi connectivity index (χ3n) is 3.37. The molecule has 0 bridgehead atoms. The number of rotatable bonds is 2. The normalized spacial score (nSPS) is 24.1. The van der Waals surface area contributed by atoms with Crippen LogP contribution in [-0.4, -0.2) is 11.0 Å². The van der Waals surface area contributed by atoms with Crippen molar-refractivity contribution in [1.29, 1.82) is 5.26 Å². The van der Waals surface area contributed by atoms with E-state index in [1.54, 1.807) is 12.1 Å². The zero-order valence-electron chi connectivity index (χ0n) is 9.91. The highest BCUT2D eigenvalue weighted by Gasteiger charge is 2.21. The van der Waals surface area contributed by atoms with Gasteiger partial charge in [-0.05, 0) is 30.9 Å². The van der Waals surface area contributed by atoms with Gasteiger partial charge in [-0.25, -0.2) is 4.98 Å². The molecule has 4 heteroatoms. The molecule has 2 atom stereocenters. The maximum absolute atomic E-state index is 8.88. The standard InChI is InChI=1S/C13H16ClN3/c1-9-4-2-3-5-11(9)16-13-7-10(8-15)6-12(14)17-13/h6-7,9,11H,2-5H2,1H3,(H,16,17). The van der Waals surface area contributed by atoms with Gasteiger partial charge in [-0.1, -0.05) is 31.4 Å². The first-order valence-electron chi connectivity index (χ1n) is 6.03. The van der Waals surface area contributed by atoms with Crippen molar-refractivity contribution in [2.75, 3.05) is 5.32 Å². The average Bonchev–Trinajstić information content (AvgIpc) is 2.31. The van der Waals surface area contributed by atoms with Gasteiger partial charge in [0, 0.05) is 6.04 Å². The summed E-state index contributed by atoms with van der Waals surface area (Å²) in [6.45, 7) is 2.26. The fourth-order valence-electron chi connectivity index (χ4n) is 2.36. The molecule has 1 aromatic rings. The Morgan fingerprint density at radius 2 is 2.18 bits per heavy atom. The van der Waals surface area contributed by atoms with Crippen molar-refractivity contribution in [3.8, 4) is 6.07 Å². The van der Waals surface area contributed by atoms with Gasteiger partial charge < -0.3 is 5.32 Å². The van der Waals surface area contributed by atoms with Gasteiger partial charge in [0.15, 0.2) is 0 Å². The molecule has 1 aliphatic rings. The van der Waals surface area contributed by atoms with Crippen LogP contribution < -0.4 is 5.32 Å². The molecule has 1 heterocycles. The van der Waals surface area contributed by atoms with Crippen molar-refractivity contribution in [1.82, 2.24) is 4.98 Å². The van der Waals surface area contributed by atoms with Gasteiger partial charge in [0.1, 0.15) is 11.0 Å². The van der Waals surface area contributed by atoms with Crippen LogP contribution in [0.5, 0.6) is 0 Å². The second-order valence-corrected chi connectivity index (χ2v) is 5.08. The fraction of sp³-hybridized carbons (Fsp3) is 0.538. The van der Waals surface area contributed by atoms with Crippen LogP contribution in [0, 0.1) is 17.2 Å². The lowest BCUT2D eigenvalue weighted by Gasteiger charge is -2.29. The van der Waals surface area contributed by atoms with Crippen molar-refractivity contribution in [3.05, 3.63) is 22.8 Å². The first-order valence-corrected chi connectivity index (χ1v) is 6.41. The van der Waals surface area contributed by atoms with E-state index in [2.05, 4.69) is 23.3 Å². The molecule has 1 N–H and O–H groups in total. The number of hydrogen-bond donors (Lipinski definition) is 1. The van der Waals surface area contributed by atoms with Crippen LogP contribution in [-0.2, 0) is 0 Å². The van der Waals surface area contributed by atoms with Crippen molar-refractivity contribution >= 4 is 17.4 Å². The summed E-state index contributed by atoms with van der Waals surface area (Å²) in [4.78, 5) is 4.21. The monoisotopic (exact) mass is 249 g/mol. The minimum atomic E-state index is 0.370. The summed E-state index contributed by atoms with van der Waals surface area (Å²) in [5.41, 5.74) is 0.552.